The highest BCUT2D eigenvalue weighted by atomic mass is 79.9. The number of nitrogens with one attached hydrogen (secondary N) is 1. The van der Waals surface area contributed by atoms with Crippen LogP contribution in [0.5, 0.6) is 5.75 Å². The number of halogens is 1. The zero-order chi connectivity index (χ0) is 15.9. The maximum atomic E-state index is 11.9. The molecule has 0 fully saturated rings. The smallest absolute Gasteiger partial charge is 0.224 e. The topological polar surface area (TPSA) is 38.3 Å². The highest BCUT2D eigenvalue weighted by Crippen LogP contribution is 2.20. The van der Waals surface area contributed by atoms with Gasteiger partial charge in [0.1, 0.15) is 5.75 Å². The van der Waals surface area contributed by atoms with Gasteiger partial charge >= 0.3 is 0 Å². The first-order chi connectivity index (χ1) is 10.5. The Kier molecular flexibility index (Phi) is 6.01. The van der Waals surface area contributed by atoms with Gasteiger partial charge in [0.05, 0.1) is 6.61 Å². The van der Waals surface area contributed by atoms with Gasteiger partial charge in [0.25, 0.3) is 0 Å². The number of carbonyl (C=O) groups excluding carboxylic acids is 1. The fourth-order valence-corrected chi connectivity index (χ4v) is 2.51. The van der Waals surface area contributed by atoms with Gasteiger partial charge < -0.3 is 10.1 Å². The van der Waals surface area contributed by atoms with Gasteiger partial charge in [0.2, 0.25) is 5.91 Å². The maximum Gasteiger partial charge on any atom is 0.224 e. The van der Waals surface area contributed by atoms with Gasteiger partial charge in [-0.25, -0.2) is 0 Å². The lowest BCUT2D eigenvalue weighted by molar-refractivity contribution is -0.116. The maximum absolute atomic E-state index is 11.9. The molecule has 3 nitrogen and oxygen atoms in total. The van der Waals surface area contributed by atoms with Crippen molar-refractivity contribution in [3.05, 3.63) is 58.1 Å². The summed E-state index contributed by atoms with van der Waals surface area (Å²) in [7, 11) is 0. The molecule has 0 atom stereocenters. The lowest BCUT2D eigenvalue weighted by Crippen LogP contribution is -2.13. The van der Waals surface area contributed by atoms with Crippen molar-refractivity contribution >= 4 is 27.5 Å². The van der Waals surface area contributed by atoms with Crippen LogP contribution in [0.3, 0.4) is 0 Å². The van der Waals surface area contributed by atoms with Gasteiger partial charge in [-0.15, -0.1) is 0 Å². The Labute approximate surface area is 139 Å². The third kappa shape index (κ3) is 5.19. The minimum absolute atomic E-state index is 0.0120. The minimum Gasteiger partial charge on any atom is -0.494 e. The fourth-order valence-electron chi connectivity index (χ4n) is 2.04. The Morgan fingerprint density at radius 3 is 2.55 bits per heavy atom. The van der Waals surface area contributed by atoms with Crippen molar-refractivity contribution in [3.8, 4) is 5.75 Å². The van der Waals surface area contributed by atoms with Crippen LogP contribution < -0.4 is 10.1 Å². The predicted octanol–water partition coefficient (Wildman–Crippen LogP) is 4.86. The van der Waals surface area contributed by atoms with Crippen LogP contribution in [-0.2, 0) is 4.79 Å². The van der Waals surface area contributed by atoms with E-state index in [2.05, 4.69) is 21.2 Å². The normalized spacial score (nSPS) is 10.3. The molecule has 22 heavy (non-hydrogen) atoms. The molecule has 2 aromatic carbocycles. The second-order valence-corrected chi connectivity index (χ2v) is 6.19. The third-order valence-corrected chi connectivity index (χ3v) is 3.79. The molecule has 0 spiro atoms. The molecule has 0 unspecified atom stereocenters. The van der Waals surface area contributed by atoms with Crippen molar-refractivity contribution in [2.24, 2.45) is 0 Å². The Balaban J connectivity index is 1.72. The molecule has 0 aromatic heterocycles. The molecular weight excluding hydrogens is 342 g/mol. The molecule has 0 saturated carbocycles. The number of aryl methyl sites for hydroxylation is 2. The van der Waals surface area contributed by atoms with Crippen molar-refractivity contribution in [3.63, 3.8) is 0 Å². The van der Waals surface area contributed by atoms with E-state index in [9.17, 15) is 4.79 Å². The van der Waals surface area contributed by atoms with Crippen molar-refractivity contribution in [2.75, 3.05) is 11.9 Å². The Hall–Kier alpha value is -1.81. The van der Waals surface area contributed by atoms with E-state index < -0.39 is 0 Å². The van der Waals surface area contributed by atoms with Gasteiger partial charge in [-0.3, -0.25) is 4.79 Å². The van der Waals surface area contributed by atoms with Crippen LogP contribution in [0, 0.1) is 13.8 Å². The van der Waals surface area contributed by atoms with E-state index in [0.29, 0.717) is 19.4 Å². The highest BCUT2D eigenvalue weighted by Gasteiger charge is 2.05. The quantitative estimate of drug-likeness (QED) is 0.745. The van der Waals surface area contributed by atoms with Gasteiger partial charge in [0, 0.05) is 16.6 Å². The van der Waals surface area contributed by atoms with E-state index in [1.807, 2.05) is 56.3 Å². The monoisotopic (exact) mass is 361 g/mol. The Morgan fingerprint density at radius 1 is 1.14 bits per heavy atom. The number of rotatable bonds is 6. The van der Waals surface area contributed by atoms with Crippen molar-refractivity contribution in [2.45, 2.75) is 26.7 Å². The first-order valence-corrected chi connectivity index (χ1v) is 8.09. The number of ether oxygens (including phenoxy) is 1. The summed E-state index contributed by atoms with van der Waals surface area (Å²) in [6.07, 6.45) is 1.14. The van der Waals surface area contributed by atoms with Gasteiger partial charge in [-0.05, 0) is 56.2 Å². The Morgan fingerprint density at radius 2 is 1.86 bits per heavy atom. The van der Waals surface area contributed by atoms with E-state index in [0.717, 1.165) is 21.5 Å². The molecule has 0 aliphatic carbocycles. The van der Waals surface area contributed by atoms with E-state index in [-0.39, 0.29) is 5.91 Å². The Bertz CT molecular complexity index is 638. The number of hydrogen-bond acceptors (Lipinski definition) is 2. The third-order valence-electron chi connectivity index (χ3n) is 3.30. The largest absolute Gasteiger partial charge is 0.494 e. The molecule has 116 valence electrons. The van der Waals surface area contributed by atoms with Crippen LogP contribution in [0.2, 0.25) is 0 Å². The van der Waals surface area contributed by atoms with Crippen LogP contribution >= 0.6 is 15.9 Å². The number of hydrogen-bond donors (Lipinski definition) is 1. The summed E-state index contributed by atoms with van der Waals surface area (Å²) < 4.78 is 6.62. The van der Waals surface area contributed by atoms with Gasteiger partial charge in [0.15, 0.2) is 0 Å². The molecule has 2 rings (SSSR count). The molecular formula is C18H20BrNO2. The summed E-state index contributed by atoms with van der Waals surface area (Å²) in [6.45, 7) is 4.55. The number of benzene rings is 2. The van der Waals surface area contributed by atoms with Crippen LogP contribution in [0.4, 0.5) is 5.69 Å². The van der Waals surface area contributed by atoms with E-state index in [4.69, 9.17) is 4.74 Å². The average molecular weight is 362 g/mol. The fraction of sp³-hybridized carbons (Fsp3) is 0.278. The lowest BCUT2D eigenvalue weighted by atomic mass is 10.2. The molecule has 1 amide bonds. The van der Waals surface area contributed by atoms with Gasteiger partial charge in [-0.2, -0.15) is 0 Å². The number of carbonyl (C=O) groups is 1. The summed E-state index contributed by atoms with van der Waals surface area (Å²) in [5.41, 5.74) is 3.10. The highest BCUT2D eigenvalue weighted by molar-refractivity contribution is 9.10. The van der Waals surface area contributed by atoms with Crippen molar-refractivity contribution in [1.29, 1.82) is 0 Å². The molecule has 0 heterocycles. The summed E-state index contributed by atoms with van der Waals surface area (Å²) >= 11 is 3.41. The second-order valence-electron chi connectivity index (χ2n) is 5.27. The zero-order valence-corrected chi connectivity index (χ0v) is 14.4. The van der Waals surface area contributed by atoms with E-state index in [1.165, 1.54) is 5.56 Å². The number of amides is 1. The molecule has 0 aliphatic heterocycles. The standard InChI is InChI=1S/C18H20BrNO2/c1-13-5-8-16(9-6-13)22-11-3-4-18(21)20-17-10-7-15(19)12-14(17)2/h5-10,12H,3-4,11H2,1-2H3,(H,20,21). The summed E-state index contributed by atoms with van der Waals surface area (Å²) in [6, 6.07) is 13.7. The molecule has 4 heteroatoms. The molecule has 0 bridgehead atoms. The molecule has 2 aromatic rings. The summed E-state index contributed by atoms with van der Waals surface area (Å²) in [4.78, 5) is 11.9. The van der Waals surface area contributed by atoms with Crippen LogP contribution in [0.15, 0.2) is 46.9 Å². The molecule has 0 radical (unpaired) electrons. The summed E-state index contributed by atoms with van der Waals surface area (Å²) in [5.74, 6) is 0.854. The zero-order valence-electron chi connectivity index (χ0n) is 12.9. The number of anilines is 1. The average Bonchev–Trinajstić information content (AvgIpc) is 2.48. The molecule has 0 aliphatic rings. The van der Waals surface area contributed by atoms with Crippen LogP contribution in [0.25, 0.3) is 0 Å². The van der Waals surface area contributed by atoms with E-state index >= 15 is 0 Å². The first-order valence-electron chi connectivity index (χ1n) is 7.30. The van der Waals surface area contributed by atoms with Gasteiger partial charge in [-0.1, -0.05) is 33.6 Å². The summed E-state index contributed by atoms with van der Waals surface area (Å²) in [5, 5.41) is 2.93. The van der Waals surface area contributed by atoms with Crippen LogP contribution in [-0.4, -0.2) is 12.5 Å². The SMILES string of the molecule is Cc1ccc(OCCCC(=O)Nc2ccc(Br)cc2C)cc1. The second kappa shape index (κ2) is 7.99. The molecule has 1 N–H and O–H groups in total. The minimum atomic E-state index is 0.0120. The van der Waals surface area contributed by atoms with Crippen molar-refractivity contribution < 1.29 is 9.53 Å². The molecule has 0 saturated heterocycles. The lowest BCUT2D eigenvalue weighted by Gasteiger charge is -2.09. The van der Waals surface area contributed by atoms with E-state index in [1.54, 1.807) is 0 Å². The first kappa shape index (κ1) is 16.6. The van der Waals surface area contributed by atoms with Crippen LogP contribution in [0.1, 0.15) is 24.0 Å². The van der Waals surface area contributed by atoms with Crippen molar-refractivity contribution in [1.82, 2.24) is 0 Å². The predicted molar refractivity (Wildman–Crippen MR) is 93.4 cm³/mol.